The van der Waals surface area contributed by atoms with Crippen LogP contribution in [0.1, 0.15) is 15.9 Å². The molecule has 1 N–H and O–H groups in total. The fourth-order valence-corrected chi connectivity index (χ4v) is 2.61. The average Bonchev–Trinajstić information content (AvgIpc) is 2.66. The van der Waals surface area contributed by atoms with E-state index in [1.54, 1.807) is 12.2 Å². The van der Waals surface area contributed by atoms with Crippen LogP contribution >= 0.6 is 0 Å². The number of hydrogen-bond donors (Lipinski definition) is 1. The zero-order chi connectivity index (χ0) is 18.4. The Morgan fingerprint density at radius 3 is 2.54 bits per heavy atom. The summed E-state index contributed by atoms with van der Waals surface area (Å²) < 4.78 is 11.1. The Kier molecular flexibility index (Phi) is 5.92. The number of nitrogens with zero attached hydrogens (tertiary/aromatic N) is 1. The number of fused-ring (bicyclic) bond motifs is 1. The number of ketones is 1. The van der Waals surface area contributed by atoms with Gasteiger partial charge in [-0.2, -0.15) is 0 Å². The van der Waals surface area contributed by atoms with Crippen molar-refractivity contribution in [3.8, 4) is 11.5 Å². The molecule has 5 nitrogen and oxygen atoms in total. The summed E-state index contributed by atoms with van der Waals surface area (Å²) in [5.41, 5.74) is 2.58. The van der Waals surface area contributed by atoms with Crippen LogP contribution in [0.15, 0.2) is 48.5 Å². The lowest BCUT2D eigenvalue weighted by molar-refractivity contribution is 0.104. The van der Waals surface area contributed by atoms with Crippen LogP contribution in [0.5, 0.6) is 11.5 Å². The van der Waals surface area contributed by atoms with Crippen molar-refractivity contribution in [3.05, 3.63) is 59.7 Å². The van der Waals surface area contributed by atoms with E-state index in [-0.39, 0.29) is 5.78 Å². The number of anilines is 1. The first-order valence-electron chi connectivity index (χ1n) is 8.72. The average molecular weight is 352 g/mol. The Hall–Kier alpha value is -2.79. The van der Waals surface area contributed by atoms with Crippen molar-refractivity contribution >= 4 is 17.5 Å². The molecule has 1 aliphatic heterocycles. The lowest BCUT2D eigenvalue weighted by Gasteiger charge is -2.18. The molecule has 0 unspecified atom stereocenters. The molecule has 0 radical (unpaired) electrons. The van der Waals surface area contributed by atoms with Crippen molar-refractivity contribution in [2.45, 2.75) is 0 Å². The molecule has 0 aromatic heterocycles. The van der Waals surface area contributed by atoms with Crippen LogP contribution in [0.25, 0.3) is 6.08 Å². The van der Waals surface area contributed by atoms with E-state index in [4.69, 9.17) is 9.47 Å². The summed E-state index contributed by atoms with van der Waals surface area (Å²) in [6, 6.07) is 13.2. The largest absolute Gasteiger partial charge is 0.486 e. The number of nitrogens with one attached hydrogen (secondary N) is 1. The first-order chi connectivity index (χ1) is 12.6. The van der Waals surface area contributed by atoms with E-state index >= 15 is 0 Å². The number of hydrogen-bond acceptors (Lipinski definition) is 5. The lowest BCUT2D eigenvalue weighted by Crippen LogP contribution is -2.20. The fourth-order valence-electron chi connectivity index (χ4n) is 2.61. The summed E-state index contributed by atoms with van der Waals surface area (Å²) in [6.07, 6.45) is 3.38. The number of allylic oxidation sites excluding steroid dienone is 1. The third-order valence-electron chi connectivity index (χ3n) is 4.05. The second kappa shape index (κ2) is 8.54. The predicted octanol–water partition coefficient (Wildman–Crippen LogP) is 3.33. The molecule has 0 saturated carbocycles. The smallest absolute Gasteiger partial charge is 0.185 e. The minimum Gasteiger partial charge on any atom is -0.486 e. The number of benzene rings is 2. The minimum absolute atomic E-state index is 0.0280. The van der Waals surface area contributed by atoms with E-state index in [1.165, 1.54) is 0 Å². The SMILES string of the molecule is CN(C)CCNc1ccc(C(=O)/C=C/c2ccc3c(c2)OCCO3)cc1. The topological polar surface area (TPSA) is 50.8 Å². The summed E-state index contributed by atoms with van der Waals surface area (Å²) in [5.74, 6) is 1.44. The van der Waals surface area contributed by atoms with Gasteiger partial charge < -0.3 is 19.7 Å². The molecule has 136 valence electrons. The molecule has 0 saturated heterocycles. The molecule has 0 fully saturated rings. The molecule has 0 bridgehead atoms. The predicted molar refractivity (Wildman–Crippen MR) is 104 cm³/mol. The number of likely N-dealkylation sites (N-methyl/N-ethyl adjacent to an activating group) is 1. The standard InChI is InChI=1S/C21H24N2O3/c1-23(2)12-11-22-18-7-5-17(6-8-18)19(24)9-3-16-4-10-20-21(15-16)26-14-13-25-20/h3-10,15,22H,11-14H2,1-2H3/b9-3+. The van der Waals surface area contributed by atoms with Gasteiger partial charge in [-0.15, -0.1) is 0 Å². The van der Waals surface area contributed by atoms with E-state index in [9.17, 15) is 4.79 Å². The highest BCUT2D eigenvalue weighted by Crippen LogP contribution is 2.31. The van der Waals surface area contributed by atoms with Gasteiger partial charge in [0.25, 0.3) is 0 Å². The molecular weight excluding hydrogens is 328 g/mol. The van der Waals surface area contributed by atoms with Crippen LogP contribution in [0, 0.1) is 0 Å². The molecule has 3 rings (SSSR count). The monoisotopic (exact) mass is 352 g/mol. The van der Waals surface area contributed by atoms with E-state index < -0.39 is 0 Å². The highest BCUT2D eigenvalue weighted by atomic mass is 16.6. The molecule has 5 heteroatoms. The second-order valence-electron chi connectivity index (χ2n) is 6.41. The third kappa shape index (κ3) is 4.86. The van der Waals surface area contributed by atoms with Crippen molar-refractivity contribution in [2.24, 2.45) is 0 Å². The van der Waals surface area contributed by atoms with Crippen LogP contribution in [-0.4, -0.2) is 51.1 Å². The van der Waals surface area contributed by atoms with Gasteiger partial charge in [0.1, 0.15) is 13.2 Å². The maximum absolute atomic E-state index is 12.4. The maximum atomic E-state index is 12.4. The summed E-state index contributed by atoms with van der Waals surface area (Å²) in [6.45, 7) is 2.94. The zero-order valence-corrected chi connectivity index (χ0v) is 15.2. The molecule has 2 aromatic rings. The van der Waals surface area contributed by atoms with E-state index in [2.05, 4.69) is 10.2 Å². The molecule has 1 heterocycles. The van der Waals surface area contributed by atoms with Crippen molar-refractivity contribution in [1.82, 2.24) is 4.90 Å². The van der Waals surface area contributed by atoms with E-state index in [0.717, 1.165) is 35.8 Å². The third-order valence-corrected chi connectivity index (χ3v) is 4.05. The Labute approximate surface area is 154 Å². The molecule has 0 aliphatic carbocycles. The number of ether oxygens (including phenoxy) is 2. The normalized spacial score (nSPS) is 13.2. The van der Waals surface area contributed by atoms with Gasteiger partial charge in [0, 0.05) is 24.3 Å². The van der Waals surface area contributed by atoms with Gasteiger partial charge in [-0.3, -0.25) is 4.79 Å². The second-order valence-corrected chi connectivity index (χ2v) is 6.41. The van der Waals surface area contributed by atoms with Crippen molar-refractivity contribution in [3.63, 3.8) is 0 Å². The summed E-state index contributed by atoms with van der Waals surface area (Å²) in [4.78, 5) is 14.5. The van der Waals surface area contributed by atoms with Crippen LogP contribution in [0.2, 0.25) is 0 Å². The van der Waals surface area contributed by atoms with Gasteiger partial charge in [0.2, 0.25) is 0 Å². The Morgan fingerprint density at radius 1 is 1.08 bits per heavy atom. The number of rotatable bonds is 7. The first-order valence-corrected chi connectivity index (χ1v) is 8.72. The van der Waals surface area contributed by atoms with E-state index in [1.807, 2.05) is 56.6 Å². The molecular formula is C21H24N2O3. The van der Waals surface area contributed by atoms with E-state index in [0.29, 0.717) is 18.8 Å². The van der Waals surface area contributed by atoms with Gasteiger partial charge in [-0.1, -0.05) is 12.1 Å². The molecule has 26 heavy (non-hydrogen) atoms. The van der Waals surface area contributed by atoms with Crippen LogP contribution < -0.4 is 14.8 Å². The fraction of sp³-hybridized carbons (Fsp3) is 0.286. The molecule has 0 amide bonds. The van der Waals surface area contributed by atoms with Crippen molar-refractivity contribution < 1.29 is 14.3 Å². The van der Waals surface area contributed by atoms with Gasteiger partial charge >= 0.3 is 0 Å². The van der Waals surface area contributed by atoms with Crippen molar-refractivity contribution in [1.29, 1.82) is 0 Å². The van der Waals surface area contributed by atoms with Gasteiger partial charge in [0.15, 0.2) is 17.3 Å². The zero-order valence-electron chi connectivity index (χ0n) is 15.2. The Balaban J connectivity index is 1.59. The first kappa shape index (κ1) is 18.0. The van der Waals surface area contributed by atoms with Crippen LogP contribution in [0.3, 0.4) is 0 Å². The molecule has 0 spiro atoms. The van der Waals surface area contributed by atoms with Gasteiger partial charge in [0.05, 0.1) is 0 Å². The van der Waals surface area contributed by atoms with Crippen molar-refractivity contribution in [2.75, 3.05) is 45.7 Å². The Morgan fingerprint density at radius 2 is 1.81 bits per heavy atom. The van der Waals surface area contributed by atoms with Crippen LogP contribution in [-0.2, 0) is 0 Å². The summed E-state index contributed by atoms with van der Waals surface area (Å²) in [7, 11) is 4.08. The molecule has 1 aliphatic rings. The van der Waals surface area contributed by atoms with Gasteiger partial charge in [-0.05, 0) is 62.1 Å². The van der Waals surface area contributed by atoms with Crippen LogP contribution in [0.4, 0.5) is 5.69 Å². The summed E-state index contributed by atoms with van der Waals surface area (Å²) >= 11 is 0. The molecule has 0 atom stereocenters. The highest BCUT2D eigenvalue weighted by molar-refractivity contribution is 6.07. The highest BCUT2D eigenvalue weighted by Gasteiger charge is 2.11. The minimum atomic E-state index is -0.0280. The van der Waals surface area contributed by atoms with Gasteiger partial charge in [-0.25, -0.2) is 0 Å². The summed E-state index contributed by atoms with van der Waals surface area (Å²) in [5, 5.41) is 3.33. The molecule has 2 aromatic carbocycles. The number of carbonyl (C=O) groups excluding carboxylic acids is 1. The maximum Gasteiger partial charge on any atom is 0.185 e. The Bertz CT molecular complexity index is 782. The lowest BCUT2D eigenvalue weighted by atomic mass is 10.1. The number of carbonyl (C=O) groups is 1. The quantitative estimate of drug-likeness (QED) is 0.612.